The van der Waals surface area contributed by atoms with Crippen molar-refractivity contribution >= 4 is 17.4 Å². The number of thiocarbonyl (C=S) groups is 1. The topological polar surface area (TPSA) is 35.2 Å². The van der Waals surface area contributed by atoms with Crippen LogP contribution in [0.5, 0.6) is 0 Å². The molecule has 0 aromatic carbocycles. The van der Waals surface area contributed by atoms with E-state index in [0.29, 0.717) is 0 Å². The van der Waals surface area contributed by atoms with Crippen LogP contribution < -0.4 is 5.73 Å². The molecule has 0 aromatic heterocycles. The lowest BCUT2D eigenvalue weighted by molar-refractivity contribution is 0.0938. The molecule has 0 saturated carbocycles. The molecule has 2 N–H and O–H groups in total. The highest BCUT2D eigenvalue weighted by Crippen LogP contribution is 2.12. The van der Waals surface area contributed by atoms with Gasteiger partial charge in [-0.05, 0) is 32.5 Å². The molecular weight excluding hydrogens is 134 g/mol. The van der Waals surface area contributed by atoms with Gasteiger partial charge < -0.3 is 10.5 Å². The molecule has 54 valence electrons. The van der Waals surface area contributed by atoms with Crippen molar-refractivity contribution in [1.29, 1.82) is 0 Å². The maximum absolute atomic E-state index is 5.16. The Morgan fingerprint density at radius 2 is 2.11 bits per heavy atom. The summed E-state index contributed by atoms with van der Waals surface area (Å²) in [6.45, 7) is 5.93. The van der Waals surface area contributed by atoms with E-state index in [-0.39, 0.29) is 10.8 Å². The van der Waals surface area contributed by atoms with Crippen LogP contribution in [0.4, 0.5) is 0 Å². The maximum Gasteiger partial charge on any atom is 0.254 e. The smallest absolute Gasteiger partial charge is 0.254 e. The van der Waals surface area contributed by atoms with E-state index in [1.807, 2.05) is 20.8 Å². The summed E-state index contributed by atoms with van der Waals surface area (Å²) in [5, 5.41) is 0.127. The number of hydrogen-bond acceptors (Lipinski definition) is 2. The first-order chi connectivity index (χ1) is 3.98. The second-order valence-corrected chi connectivity index (χ2v) is 2.94. The largest absolute Gasteiger partial charge is 0.465 e. The zero-order valence-corrected chi connectivity index (χ0v) is 6.92. The van der Waals surface area contributed by atoms with Crippen LogP contribution in [0.1, 0.15) is 27.2 Å². The van der Waals surface area contributed by atoms with Gasteiger partial charge in [0.05, 0.1) is 0 Å². The second kappa shape index (κ2) is 3.01. The summed E-state index contributed by atoms with van der Waals surface area (Å²) < 4.78 is 5.10. The fourth-order valence-electron chi connectivity index (χ4n) is 0.344. The zero-order chi connectivity index (χ0) is 7.49. The third kappa shape index (κ3) is 4.21. The van der Waals surface area contributed by atoms with Gasteiger partial charge >= 0.3 is 0 Å². The summed E-state index contributed by atoms with van der Waals surface area (Å²) in [6.07, 6.45) is 0.907. The van der Waals surface area contributed by atoms with Gasteiger partial charge in [-0.15, -0.1) is 0 Å². The van der Waals surface area contributed by atoms with Gasteiger partial charge in [0.15, 0.2) is 0 Å². The Balaban J connectivity index is 3.71. The van der Waals surface area contributed by atoms with Crippen molar-refractivity contribution in [1.82, 2.24) is 0 Å². The van der Waals surface area contributed by atoms with Gasteiger partial charge in [0.1, 0.15) is 5.60 Å². The Labute approximate surface area is 61.4 Å². The molecule has 0 radical (unpaired) electrons. The molecule has 0 saturated heterocycles. The summed E-state index contributed by atoms with van der Waals surface area (Å²) in [5.74, 6) is 0. The fourth-order valence-corrected chi connectivity index (χ4v) is 0.570. The van der Waals surface area contributed by atoms with Gasteiger partial charge in [0.2, 0.25) is 0 Å². The van der Waals surface area contributed by atoms with Crippen molar-refractivity contribution in [2.24, 2.45) is 5.73 Å². The normalized spacial score (nSPS) is 11.0. The van der Waals surface area contributed by atoms with Crippen LogP contribution in [-0.4, -0.2) is 10.8 Å². The van der Waals surface area contributed by atoms with E-state index in [2.05, 4.69) is 12.2 Å². The van der Waals surface area contributed by atoms with Crippen molar-refractivity contribution in [3.8, 4) is 0 Å². The van der Waals surface area contributed by atoms with Crippen molar-refractivity contribution in [3.63, 3.8) is 0 Å². The molecule has 0 aliphatic rings. The Morgan fingerprint density at radius 1 is 1.67 bits per heavy atom. The van der Waals surface area contributed by atoms with Crippen LogP contribution >= 0.6 is 12.2 Å². The van der Waals surface area contributed by atoms with Crippen LogP contribution in [0.3, 0.4) is 0 Å². The van der Waals surface area contributed by atoms with Crippen molar-refractivity contribution in [2.45, 2.75) is 32.8 Å². The molecule has 0 aliphatic heterocycles. The van der Waals surface area contributed by atoms with Crippen LogP contribution in [0, 0.1) is 0 Å². The highest BCUT2D eigenvalue weighted by atomic mass is 32.1. The zero-order valence-electron chi connectivity index (χ0n) is 6.10. The minimum Gasteiger partial charge on any atom is -0.465 e. The predicted molar refractivity (Wildman–Crippen MR) is 42.2 cm³/mol. The molecule has 2 nitrogen and oxygen atoms in total. The maximum atomic E-state index is 5.16. The van der Waals surface area contributed by atoms with Crippen LogP contribution in [0.25, 0.3) is 0 Å². The predicted octanol–water partition coefficient (Wildman–Crippen LogP) is 1.44. The molecule has 0 heterocycles. The third-order valence-corrected chi connectivity index (χ3v) is 1.31. The Bertz CT molecular complexity index is 112. The average molecular weight is 147 g/mol. The number of hydrogen-bond donors (Lipinski definition) is 1. The van der Waals surface area contributed by atoms with E-state index < -0.39 is 0 Å². The lowest BCUT2D eigenvalue weighted by Gasteiger charge is -2.22. The Kier molecular flexibility index (Phi) is 2.91. The van der Waals surface area contributed by atoms with Crippen molar-refractivity contribution in [3.05, 3.63) is 0 Å². The van der Waals surface area contributed by atoms with Crippen LogP contribution in [-0.2, 0) is 4.74 Å². The fraction of sp³-hybridized carbons (Fsp3) is 0.833. The number of rotatable bonds is 2. The summed E-state index contributed by atoms with van der Waals surface area (Å²) in [4.78, 5) is 0. The molecular formula is C6H13NOS. The van der Waals surface area contributed by atoms with Crippen molar-refractivity contribution in [2.75, 3.05) is 0 Å². The van der Waals surface area contributed by atoms with Gasteiger partial charge in [0, 0.05) is 0 Å². The third-order valence-electron chi connectivity index (χ3n) is 1.23. The minimum absolute atomic E-state index is 0.127. The van der Waals surface area contributed by atoms with E-state index in [1.165, 1.54) is 0 Å². The summed E-state index contributed by atoms with van der Waals surface area (Å²) in [5.41, 5.74) is 4.96. The molecule has 0 aliphatic carbocycles. The Morgan fingerprint density at radius 3 is 2.22 bits per heavy atom. The summed E-state index contributed by atoms with van der Waals surface area (Å²) in [6, 6.07) is 0. The molecule has 0 atom stereocenters. The molecule has 0 bridgehead atoms. The Hall–Kier alpha value is -0.310. The van der Waals surface area contributed by atoms with Crippen LogP contribution in [0.15, 0.2) is 0 Å². The molecule has 0 fully saturated rings. The lowest BCUT2D eigenvalue weighted by atomic mass is 10.1. The summed E-state index contributed by atoms with van der Waals surface area (Å²) in [7, 11) is 0. The van der Waals surface area contributed by atoms with Gasteiger partial charge in [-0.3, -0.25) is 0 Å². The lowest BCUT2D eigenvalue weighted by Crippen LogP contribution is -2.29. The summed E-state index contributed by atoms with van der Waals surface area (Å²) >= 11 is 4.57. The van der Waals surface area contributed by atoms with Gasteiger partial charge in [-0.2, -0.15) is 0 Å². The highest BCUT2D eigenvalue weighted by molar-refractivity contribution is 7.80. The van der Waals surface area contributed by atoms with Gasteiger partial charge in [0.25, 0.3) is 5.17 Å². The first kappa shape index (κ1) is 8.69. The number of nitrogens with two attached hydrogens (primary N) is 1. The molecule has 3 heteroatoms. The van der Waals surface area contributed by atoms with E-state index in [9.17, 15) is 0 Å². The average Bonchev–Trinajstić information content (AvgIpc) is 1.63. The van der Waals surface area contributed by atoms with E-state index in [4.69, 9.17) is 10.5 Å². The molecule has 0 rings (SSSR count). The quantitative estimate of drug-likeness (QED) is 0.600. The molecule has 9 heavy (non-hydrogen) atoms. The van der Waals surface area contributed by atoms with Gasteiger partial charge in [-0.25, -0.2) is 0 Å². The van der Waals surface area contributed by atoms with Crippen molar-refractivity contribution < 1.29 is 4.74 Å². The first-order valence-corrected chi connectivity index (χ1v) is 3.37. The first-order valence-electron chi connectivity index (χ1n) is 2.96. The standard InChI is InChI=1S/C6H13NOS/c1-4-6(2,3)8-5(7)9/h4H2,1-3H3,(H2,7,9). The van der Waals surface area contributed by atoms with Gasteiger partial charge in [-0.1, -0.05) is 6.92 Å². The second-order valence-electron chi connectivity index (χ2n) is 2.53. The molecule has 0 aromatic rings. The van der Waals surface area contributed by atoms with E-state index in [1.54, 1.807) is 0 Å². The van der Waals surface area contributed by atoms with E-state index >= 15 is 0 Å². The van der Waals surface area contributed by atoms with Crippen LogP contribution in [0.2, 0.25) is 0 Å². The highest BCUT2D eigenvalue weighted by Gasteiger charge is 2.16. The molecule has 0 amide bonds. The molecule has 0 spiro atoms. The SMILES string of the molecule is CCC(C)(C)OC(N)=S. The molecule has 0 unspecified atom stereocenters. The minimum atomic E-state index is -0.203. The monoisotopic (exact) mass is 147 g/mol. The van der Waals surface area contributed by atoms with E-state index in [0.717, 1.165) is 6.42 Å². The number of ether oxygens (including phenoxy) is 1.